The summed E-state index contributed by atoms with van der Waals surface area (Å²) < 4.78 is 24.1. The Bertz CT molecular complexity index is 542. The van der Waals surface area contributed by atoms with Crippen LogP contribution in [0.2, 0.25) is 5.02 Å². The van der Waals surface area contributed by atoms with E-state index in [9.17, 15) is 13.2 Å². The van der Waals surface area contributed by atoms with Crippen LogP contribution in [0, 0.1) is 6.92 Å². The van der Waals surface area contributed by atoms with E-state index in [0.717, 1.165) is 10.6 Å². The number of nitrogens with two attached hydrogens (primary N) is 1. The first-order valence-electron chi connectivity index (χ1n) is 4.74. The molecule has 0 aliphatic rings. The molecular weight excluding hydrogens is 264 g/mol. The molecule has 0 aromatic heterocycles. The molecule has 0 unspecified atom stereocenters. The lowest BCUT2D eigenvalue weighted by Gasteiger charge is -2.22. The molecule has 94 valence electrons. The number of hydrogen-bond acceptors (Lipinski definition) is 3. The Labute approximate surface area is 105 Å². The number of halogens is 1. The standard InChI is InChI=1S/C10H13ClN2O3S/c1-7-5-8(11)3-4-9(7)13(6-10(12)14)17(2,15)16/h3-5H,6H2,1-2H3,(H2,12,14). The number of carbonyl (C=O) groups is 1. The zero-order chi connectivity index (χ0) is 13.2. The maximum absolute atomic E-state index is 11.6. The van der Waals surface area contributed by atoms with Crippen LogP contribution in [-0.2, 0) is 14.8 Å². The lowest BCUT2D eigenvalue weighted by molar-refractivity contribution is -0.116. The summed E-state index contributed by atoms with van der Waals surface area (Å²) >= 11 is 5.78. The smallest absolute Gasteiger partial charge is 0.238 e. The number of nitrogens with zero attached hydrogens (tertiary/aromatic N) is 1. The Morgan fingerprint density at radius 3 is 2.47 bits per heavy atom. The Morgan fingerprint density at radius 1 is 1.47 bits per heavy atom. The van der Waals surface area contributed by atoms with Crippen LogP contribution >= 0.6 is 11.6 Å². The van der Waals surface area contributed by atoms with Gasteiger partial charge in [0.15, 0.2) is 0 Å². The first-order chi connectivity index (χ1) is 7.71. The van der Waals surface area contributed by atoms with Gasteiger partial charge in [-0.05, 0) is 30.7 Å². The van der Waals surface area contributed by atoms with Crippen molar-refractivity contribution in [3.63, 3.8) is 0 Å². The maximum atomic E-state index is 11.6. The first-order valence-corrected chi connectivity index (χ1v) is 6.96. The fourth-order valence-corrected chi connectivity index (χ4v) is 2.57. The van der Waals surface area contributed by atoms with Crippen molar-refractivity contribution in [2.45, 2.75) is 6.92 Å². The second-order valence-electron chi connectivity index (χ2n) is 3.67. The second-order valence-corrected chi connectivity index (χ2v) is 6.01. The first kappa shape index (κ1) is 13.8. The number of anilines is 1. The maximum Gasteiger partial charge on any atom is 0.238 e. The van der Waals surface area contributed by atoms with Crippen LogP contribution in [-0.4, -0.2) is 27.1 Å². The predicted molar refractivity (Wildman–Crippen MR) is 67.6 cm³/mol. The second kappa shape index (κ2) is 4.93. The summed E-state index contributed by atoms with van der Waals surface area (Å²) in [6, 6.07) is 4.72. The van der Waals surface area contributed by atoms with Gasteiger partial charge in [-0.1, -0.05) is 11.6 Å². The highest BCUT2D eigenvalue weighted by molar-refractivity contribution is 7.92. The van der Waals surface area contributed by atoms with Gasteiger partial charge >= 0.3 is 0 Å². The molecular formula is C10H13ClN2O3S. The van der Waals surface area contributed by atoms with E-state index in [4.69, 9.17) is 17.3 Å². The van der Waals surface area contributed by atoms with E-state index < -0.39 is 15.9 Å². The minimum atomic E-state index is -3.56. The van der Waals surface area contributed by atoms with Crippen molar-refractivity contribution in [1.29, 1.82) is 0 Å². The summed E-state index contributed by atoms with van der Waals surface area (Å²) in [5, 5.41) is 0.499. The normalized spacial score (nSPS) is 11.2. The Balaban J connectivity index is 3.27. The van der Waals surface area contributed by atoms with Crippen molar-refractivity contribution < 1.29 is 13.2 Å². The van der Waals surface area contributed by atoms with Crippen LogP contribution in [0.4, 0.5) is 5.69 Å². The molecule has 0 heterocycles. The lowest BCUT2D eigenvalue weighted by Crippen LogP contribution is -2.38. The van der Waals surface area contributed by atoms with Crippen molar-refractivity contribution in [2.24, 2.45) is 5.73 Å². The Kier molecular flexibility index (Phi) is 4.00. The molecule has 7 heteroatoms. The van der Waals surface area contributed by atoms with Gasteiger partial charge in [-0.3, -0.25) is 9.10 Å². The molecule has 0 saturated heterocycles. The van der Waals surface area contributed by atoms with E-state index in [2.05, 4.69) is 0 Å². The van der Waals surface area contributed by atoms with Gasteiger partial charge in [0, 0.05) is 5.02 Å². The quantitative estimate of drug-likeness (QED) is 0.887. The van der Waals surface area contributed by atoms with E-state index in [1.807, 2.05) is 0 Å². The third-order valence-electron chi connectivity index (χ3n) is 2.13. The Morgan fingerprint density at radius 2 is 2.06 bits per heavy atom. The summed E-state index contributed by atoms with van der Waals surface area (Å²) in [5.41, 5.74) is 6.09. The summed E-state index contributed by atoms with van der Waals surface area (Å²) in [6.45, 7) is 1.32. The largest absolute Gasteiger partial charge is 0.368 e. The van der Waals surface area contributed by atoms with Crippen LogP contribution in [0.5, 0.6) is 0 Å². The average Bonchev–Trinajstić information content (AvgIpc) is 2.13. The highest BCUT2D eigenvalue weighted by atomic mass is 35.5. The van der Waals surface area contributed by atoms with E-state index in [1.54, 1.807) is 25.1 Å². The fourth-order valence-electron chi connectivity index (χ4n) is 1.42. The third-order valence-corrected chi connectivity index (χ3v) is 3.49. The number of rotatable bonds is 4. The van der Waals surface area contributed by atoms with Gasteiger partial charge in [-0.15, -0.1) is 0 Å². The molecule has 0 fully saturated rings. The van der Waals surface area contributed by atoms with Crippen LogP contribution < -0.4 is 10.0 Å². The van der Waals surface area contributed by atoms with Gasteiger partial charge in [-0.2, -0.15) is 0 Å². The molecule has 0 aliphatic heterocycles. The number of carbonyl (C=O) groups excluding carboxylic acids is 1. The van der Waals surface area contributed by atoms with Gasteiger partial charge in [0.05, 0.1) is 11.9 Å². The molecule has 0 radical (unpaired) electrons. The molecule has 1 aromatic carbocycles. The van der Waals surface area contributed by atoms with Crippen molar-refractivity contribution in [3.8, 4) is 0 Å². The highest BCUT2D eigenvalue weighted by Gasteiger charge is 2.21. The molecule has 0 spiro atoms. The average molecular weight is 277 g/mol. The van der Waals surface area contributed by atoms with Gasteiger partial charge in [0.2, 0.25) is 15.9 Å². The van der Waals surface area contributed by atoms with Crippen LogP contribution in [0.1, 0.15) is 5.56 Å². The highest BCUT2D eigenvalue weighted by Crippen LogP contribution is 2.25. The van der Waals surface area contributed by atoms with Gasteiger partial charge in [0.25, 0.3) is 0 Å². The molecule has 1 aromatic rings. The van der Waals surface area contributed by atoms with Crippen LogP contribution in [0.3, 0.4) is 0 Å². The number of hydrogen-bond donors (Lipinski definition) is 1. The zero-order valence-electron chi connectivity index (χ0n) is 9.47. The van der Waals surface area contributed by atoms with Crippen molar-refractivity contribution >= 4 is 33.2 Å². The summed E-state index contributed by atoms with van der Waals surface area (Å²) in [7, 11) is -3.56. The molecule has 0 aliphatic carbocycles. The van der Waals surface area contributed by atoms with E-state index >= 15 is 0 Å². The number of sulfonamides is 1. The molecule has 17 heavy (non-hydrogen) atoms. The summed E-state index contributed by atoms with van der Waals surface area (Å²) in [6.07, 6.45) is 1.02. The minimum Gasteiger partial charge on any atom is -0.368 e. The van der Waals surface area contributed by atoms with E-state index in [-0.39, 0.29) is 6.54 Å². The van der Waals surface area contributed by atoms with E-state index in [1.165, 1.54) is 0 Å². The van der Waals surface area contributed by atoms with Gasteiger partial charge in [0.1, 0.15) is 6.54 Å². The monoisotopic (exact) mass is 276 g/mol. The number of benzene rings is 1. The summed E-state index contributed by atoms with van der Waals surface area (Å²) in [5.74, 6) is -0.718. The fraction of sp³-hybridized carbons (Fsp3) is 0.300. The summed E-state index contributed by atoms with van der Waals surface area (Å²) in [4.78, 5) is 10.9. The molecule has 0 bridgehead atoms. The van der Waals surface area contributed by atoms with Crippen molar-refractivity contribution in [3.05, 3.63) is 28.8 Å². The molecule has 2 N–H and O–H groups in total. The molecule has 5 nitrogen and oxygen atoms in total. The number of amides is 1. The lowest BCUT2D eigenvalue weighted by atomic mass is 10.2. The van der Waals surface area contributed by atoms with E-state index in [0.29, 0.717) is 16.3 Å². The number of aryl methyl sites for hydroxylation is 1. The zero-order valence-corrected chi connectivity index (χ0v) is 11.0. The topological polar surface area (TPSA) is 80.5 Å². The predicted octanol–water partition coefficient (Wildman–Crippen LogP) is 0.900. The van der Waals surface area contributed by atoms with Crippen molar-refractivity contribution in [2.75, 3.05) is 17.1 Å². The van der Waals surface area contributed by atoms with Crippen LogP contribution in [0.25, 0.3) is 0 Å². The third kappa shape index (κ3) is 3.61. The number of primary amides is 1. The van der Waals surface area contributed by atoms with Gasteiger partial charge < -0.3 is 5.73 Å². The van der Waals surface area contributed by atoms with Gasteiger partial charge in [-0.25, -0.2) is 8.42 Å². The molecule has 0 atom stereocenters. The SMILES string of the molecule is Cc1cc(Cl)ccc1N(CC(N)=O)S(C)(=O)=O. The van der Waals surface area contributed by atoms with Crippen molar-refractivity contribution in [1.82, 2.24) is 0 Å². The Hall–Kier alpha value is -1.27. The van der Waals surface area contributed by atoms with Crippen LogP contribution in [0.15, 0.2) is 18.2 Å². The molecule has 1 rings (SSSR count). The minimum absolute atomic E-state index is 0.388. The molecule has 0 saturated carbocycles. The molecule has 1 amide bonds.